The maximum Gasteiger partial charge on any atom is 0.341 e. The number of carbonyl (C=O) groups excluding carboxylic acids is 1. The van der Waals surface area contributed by atoms with Gasteiger partial charge in [-0.1, -0.05) is 0 Å². The van der Waals surface area contributed by atoms with Gasteiger partial charge in [0.05, 0.1) is 17.9 Å². The zero-order valence-corrected chi connectivity index (χ0v) is 11.4. The molecule has 1 saturated heterocycles. The molecular formula is C13H20N4O2. The molecular weight excluding hydrogens is 244 g/mol. The number of nitrogens with zero attached hydrogens (tertiary/aromatic N) is 3. The summed E-state index contributed by atoms with van der Waals surface area (Å²) < 4.78 is 4.96. The van der Waals surface area contributed by atoms with E-state index in [1.807, 2.05) is 0 Å². The fourth-order valence-electron chi connectivity index (χ4n) is 2.22. The van der Waals surface area contributed by atoms with Crippen molar-refractivity contribution < 1.29 is 9.53 Å². The van der Waals surface area contributed by atoms with Crippen molar-refractivity contribution in [1.29, 1.82) is 0 Å². The molecule has 0 amide bonds. The minimum absolute atomic E-state index is 0.352. The summed E-state index contributed by atoms with van der Waals surface area (Å²) in [5, 5.41) is 0. The van der Waals surface area contributed by atoms with Crippen LogP contribution in [0.5, 0.6) is 0 Å². The molecule has 0 aliphatic carbocycles. The van der Waals surface area contributed by atoms with Crippen molar-refractivity contribution in [2.45, 2.75) is 20.3 Å². The number of aryl methyl sites for hydroxylation is 1. The van der Waals surface area contributed by atoms with Gasteiger partial charge in [0.25, 0.3) is 0 Å². The van der Waals surface area contributed by atoms with E-state index in [0.717, 1.165) is 19.5 Å². The molecule has 2 N–H and O–H groups in total. The van der Waals surface area contributed by atoms with E-state index in [0.29, 0.717) is 36.3 Å². The molecule has 2 rings (SSSR count). The molecule has 6 nitrogen and oxygen atoms in total. The van der Waals surface area contributed by atoms with Gasteiger partial charge in [0.15, 0.2) is 0 Å². The maximum absolute atomic E-state index is 11.7. The third kappa shape index (κ3) is 3.01. The first-order chi connectivity index (χ1) is 9.15. The number of carbonyl (C=O) groups is 1. The van der Waals surface area contributed by atoms with Crippen molar-refractivity contribution in [3.05, 3.63) is 17.5 Å². The second-order valence-corrected chi connectivity index (χ2v) is 4.73. The third-order valence-corrected chi connectivity index (χ3v) is 3.36. The molecule has 104 valence electrons. The summed E-state index contributed by atoms with van der Waals surface area (Å²) in [6.45, 7) is 6.42. The summed E-state index contributed by atoms with van der Waals surface area (Å²) in [6.07, 6.45) is 2.62. The highest BCUT2D eigenvalue weighted by atomic mass is 16.5. The van der Waals surface area contributed by atoms with E-state index >= 15 is 0 Å². The molecule has 0 saturated carbocycles. The number of rotatable bonds is 4. The van der Waals surface area contributed by atoms with Crippen molar-refractivity contribution in [1.82, 2.24) is 9.97 Å². The topological polar surface area (TPSA) is 81.3 Å². The fourth-order valence-corrected chi connectivity index (χ4v) is 2.22. The van der Waals surface area contributed by atoms with Gasteiger partial charge in [0.2, 0.25) is 5.95 Å². The van der Waals surface area contributed by atoms with Crippen LogP contribution in [0.15, 0.2) is 6.20 Å². The Labute approximate surface area is 113 Å². The van der Waals surface area contributed by atoms with Crippen LogP contribution >= 0.6 is 0 Å². The molecule has 6 heteroatoms. The third-order valence-electron chi connectivity index (χ3n) is 3.36. The number of hydrogen-bond acceptors (Lipinski definition) is 6. The number of aromatic nitrogens is 2. The van der Waals surface area contributed by atoms with E-state index in [1.165, 1.54) is 0 Å². The summed E-state index contributed by atoms with van der Waals surface area (Å²) in [6, 6.07) is 0. The van der Waals surface area contributed by atoms with Gasteiger partial charge in [-0.3, -0.25) is 0 Å². The number of nitrogens with two attached hydrogens (primary N) is 1. The molecule has 0 aromatic carbocycles. The van der Waals surface area contributed by atoms with Gasteiger partial charge in [-0.25, -0.2) is 14.8 Å². The van der Waals surface area contributed by atoms with Crippen LogP contribution in [0.2, 0.25) is 0 Å². The maximum atomic E-state index is 11.7. The van der Waals surface area contributed by atoms with E-state index in [4.69, 9.17) is 10.5 Å². The van der Waals surface area contributed by atoms with Gasteiger partial charge >= 0.3 is 5.97 Å². The number of hydrogen-bond donors (Lipinski definition) is 1. The molecule has 1 aromatic heterocycles. The fraction of sp³-hybridized carbons (Fsp3) is 0.615. The van der Waals surface area contributed by atoms with E-state index in [-0.39, 0.29) is 5.97 Å². The van der Waals surface area contributed by atoms with Crippen LogP contribution in [0.1, 0.15) is 29.4 Å². The van der Waals surface area contributed by atoms with Crippen molar-refractivity contribution in [3.8, 4) is 0 Å². The predicted molar refractivity (Wildman–Crippen MR) is 72.1 cm³/mol. The lowest BCUT2D eigenvalue weighted by molar-refractivity contribution is 0.0524. The summed E-state index contributed by atoms with van der Waals surface area (Å²) in [7, 11) is 0. The lowest BCUT2D eigenvalue weighted by atomic mass is 10.1. The molecule has 19 heavy (non-hydrogen) atoms. The number of esters is 1. The minimum atomic E-state index is -0.368. The van der Waals surface area contributed by atoms with Crippen molar-refractivity contribution >= 4 is 11.9 Å². The Bertz CT molecular complexity index is 464. The summed E-state index contributed by atoms with van der Waals surface area (Å²) >= 11 is 0. The van der Waals surface area contributed by atoms with E-state index in [9.17, 15) is 4.79 Å². The highest BCUT2D eigenvalue weighted by Crippen LogP contribution is 2.20. The normalized spacial score (nSPS) is 18.7. The first kappa shape index (κ1) is 13.7. The Hall–Kier alpha value is -1.69. The minimum Gasteiger partial charge on any atom is -0.462 e. The predicted octanol–water partition coefficient (Wildman–Crippen LogP) is 0.747. The van der Waals surface area contributed by atoms with Crippen LogP contribution in [0, 0.1) is 12.8 Å². The van der Waals surface area contributed by atoms with Crippen LogP contribution < -0.4 is 10.6 Å². The van der Waals surface area contributed by atoms with Crippen LogP contribution in [-0.4, -0.2) is 42.2 Å². The van der Waals surface area contributed by atoms with E-state index in [2.05, 4.69) is 14.9 Å². The van der Waals surface area contributed by atoms with Crippen molar-refractivity contribution in [3.63, 3.8) is 0 Å². The van der Waals surface area contributed by atoms with Crippen molar-refractivity contribution in [2.24, 2.45) is 11.7 Å². The Morgan fingerprint density at radius 1 is 1.63 bits per heavy atom. The Balaban J connectivity index is 2.13. The summed E-state index contributed by atoms with van der Waals surface area (Å²) in [5.74, 6) is 0.808. The van der Waals surface area contributed by atoms with E-state index < -0.39 is 0 Å². The lowest BCUT2D eigenvalue weighted by Crippen LogP contribution is -2.25. The van der Waals surface area contributed by atoms with Gasteiger partial charge in [-0.05, 0) is 32.7 Å². The second-order valence-electron chi connectivity index (χ2n) is 4.73. The van der Waals surface area contributed by atoms with Crippen LogP contribution in [0.3, 0.4) is 0 Å². The lowest BCUT2D eigenvalue weighted by Gasteiger charge is -2.17. The average Bonchev–Trinajstić information content (AvgIpc) is 2.87. The average molecular weight is 264 g/mol. The number of anilines is 1. The highest BCUT2D eigenvalue weighted by molar-refractivity contribution is 5.90. The largest absolute Gasteiger partial charge is 0.462 e. The van der Waals surface area contributed by atoms with Gasteiger partial charge in [-0.15, -0.1) is 0 Å². The molecule has 0 bridgehead atoms. The van der Waals surface area contributed by atoms with Gasteiger partial charge in [-0.2, -0.15) is 0 Å². The molecule has 0 spiro atoms. The monoisotopic (exact) mass is 264 g/mol. The molecule has 1 aliphatic rings. The van der Waals surface area contributed by atoms with Crippen LogP contribution in [-0.2, 0) is 4.74 Å². The zero-order valence-electron chi connectivity index (χ0n) is 11.4. The second kappa shape index (κ2) is 5.97. The van der Waals surface area contributed by atoms with Crippen LogP contribution in [0.4, 0.5) is 5.95 Å². The molecule has 1 aliphatic heterocycles. The van der Waals surface area contributed by atoms with E-state index in [1.54, 1.807) is 20.0 Å². The molecule has 1 atom stereocenters. The highest BCUT2D eigenvalue weighted by Gasteiger charge is 2.24. The zero-order chi connectivity index (χ0) is 13.8. The first-order valence-electron chi connectivity index (χ1n) is 6.61. The Morgan fingerprint density at radius 2 is 2.42 bits per heavy atom. The standard InChI is InChI=1S/C13H20N4O2/c1-3-19-12(18)11-7-15-13(16-9(11)2)17-5-4-10(6-14)8-17/h7,10H,3-6,8,14H2,1-2H3. The summed E-state index contributed by atoms with van der Waals surface area (Å²) in [5.41, 5.74) is 6.76. The molecule has 2 heterocycles. The molecule has 1 fully saturated rings. The Morgan fingerprint density at radius 3 is 3.00 bits per heavy atom. The van der Waals surface area contributed by atoms with Gasteiger partial charge < -0.3 is 15.4 Å². The number of ether oxygens (including phenoxy) is 1. The SMILES string of the molecule is CCOC(=O)c1cnc(N2CCC(CN)C2)nc1C. The molecule has 1 unspecified atom stereocenters. The first-order valence-corrected chi connectivity index (χ1v) is 6.61. The smallest absolute Gasteiger partial charge is 0.341 e. The molecule has 1 aromatic rings. The Kier molecular flexibility index (Phi) is 4.31. The quantitative estimate of drug-likeness (QED) is 0.808. The van der Waals surface area contributed by atoms with Gasteiger partial charge in [0, 0.05) is 19.3 Å². The van der Waals surface area contributed by atoms with Crippen molar-refractivity contribution in [2.75, 3.05) is 31.1 Å². The molecule has 0 radical (unpaired) electrons. The van der Waals surface area contributed by atoms with Crippen LogP contribution in [0.25, 0.3) is 0 Å². The summed E-state index contributed by atoms with van der Waals surface area (Å²) in [4.78, 5) is 22.4. The van der Waals surface area contributed by atoms with Gasteiger partial charge in [0.1, 0.15) is 0 Å².